The number of nitrogens with one attached hydrogen (secondary N) is 1. The van der Waals surface area contributed by atoms with Crippen molar-refractivity contribution >= 4 is 40.5 Å². The van der Waals surface area contributed by atoms with Gasteiger partial charge in [-0.1, -0.05) is 34.8 Å². The minimum Gasteiger partial charge on any atom is -0.376 e. The van der Waals surface area contributed by atoms with Gasteiger partial charge in [0.15, 0.2) is 0 Å². The Morgan fingerprint density at radius 2 is 1.75 bits per heavy atom. The second kappa shape index (κ2) is 6.64. The maximum atomic E-state index is 13.3. The first-order chi connectivity index (χ1) is 9.51. The van der Waals surface area contributed by atoms with Crippen LogP contribution >= 0.6 is 34.8 Å². The highest BCUT2D eigenvalue weighted by Crippen LogP contribution is 2.31. The fraction of sp³-hybridized carbons (Fsp3) is 0.143. The predicted octanol–water partition coefficient (Wildman–Crippen LogP) is 4.90. The Morgan fingerprint density at radius 1 is 1.05 bits per heavy atom. The van der Waals surface area contributed by atoms with Gasteiger partial charge in [0.2, 0.25) is 0 Å². The number of anilines is 1. The third-order valence-corrected chi connectivity index (χ3v) is 3.74. The molecule has 0 fully saturated rings. The Labute approximate surface area is 131 Å². The Hall–Kier alpha value is -1.000. The van der Waals surface area contributed by atoms with Crippen molar-refractivity contribution in [2.75, 3.05) is 11.9 Å². The van der Waals surface area contributed by atoms with E-state index in [9.17, 15) is 4.39 Å². The highest BCUT2D eigenvalue weighted by atomic mass is 35.5. The Bertz CT molecular complexity index is 619. The molecule has 0 aromatic heterocycles. The molecule has 3 N–H and O–H groups in total. The van der Waals surface area contributed by atoms with E-state index in [-0.39, 0.29) is 18.4 Å². The zero-order chi connectivity index (χ0) is 14.7. The molecule has 0 amide bonds. The molecule has 0 aliphatic rings. The second-order valence-corrected chi connectivity index (χ2v) is 5.47. The lowest BCUT2D eigenvalue weighted by molar-refractivity contribution is 0.627. The number of nitrogens with two attached hydrogens (primary N) is 1. The van der Waals surface area contributed by atoms with Gasteiger partial charge in [0.25, 0.3) is 0 Å². The van der Waals surface area contributed by atoms with E-state index in [4.69, 9.17) is 40.5 Å². The molecular weight excluding hydrogens is 322 g/mol. The molecule has 0 aliphatic carbocycles. The van der Waals surface area contributed by atoms with Crippen LogP contribution < -0.4 is 11.1 Å². The highest BCUT2D eigenvalue weighted by molar-refractivity contribution is 6.34. The summed E-state index contributed by atoms with van der Waals surface area (Å²) in [4.78, 5) is 0. The van der Waals surface area contributed by atoms with Crippen LogP contribution in [0.5, 0.6) is 0 Å². The molecule has 1 atom stereocenters. The van der Waals surface area contributed by atoms with Crippen molar-refractivity contribution in [1.82, 2.24) is 0 Å². The van der Waals surface area contributed by atoms with Gasteiger partial charge in [-0.2, -0.15) is 0 Å². The van der Waals surface area contributed by atoms with Gasteiger partial charge >= 0.3 is 0 Å². The average molecular weight is 334 g/mol. The van der Waals surface area contributed by atoms with Crippen LogP contribution in [-0.2, 0) is 0 Å². The Morgan fingerprint density at radius 3 is 2.45 bits per heavy atom. The van der Waals surface area contributed by atoms with Crippen LogP contribution in [0.3, 0.4) is 0 Å². The van der Waals surface area contributed by atoms with E-state index in [1.54, 1.807) is 18.2 Å². The first-order valence-corrected chi connectivity index (χ1v) is 7.01. The van der Waals surface area contributed by atoms with E-state index in [1.807, 2.05) is 0 Å². The Kier molecular flexibility index (Phi) is 5.11. The summed E-state index contributed by atoms with van der Waals surface area (Å²) in [6, 6.07) is 8.86. The summed E-state index contributed by atoms with van der Waals surface area (Å²) >= 11 is 18.1. The molecule has 0 saturated carbocycles. The summed E-state index contributed by atoms with van der Waals surface area (Å²) in [5, 5.41) is 4.57. The van der Waals surface area contributed by atoms with E-state index in [2.05, 4.69) is 5.32 Å². The maximum Gasteiger partial charge on any atom is 0.125 e. The van der Waals surface area contributed by atoms with Crippen LogP contribution in [-0.4, -0.2) is 6.54 Å². The van der Waals surface area contributed by atoms with Crippen molar-refractivity contribution in [3.63, 3.8) is 0 Å². The third-order valence-electron chi connectivity index (χ3n) is 2.83. The van der Waals surface area contributed by atoms with Crippen molar-refractivity contribution in [2.45, 2.75) is 6.04 Å². The fourth-order valence-electron chi connectivity index (χ4n) is 1.84. The average Bonchev–Trinajstić information content (AvgIpc) is 2.42. The number of hydrogen-bond acceptors (Lipinski definition) is 2. The van der Waals surface area contributed by atoms with Crippen LogP contribution in [0.25, 0.3) is 0 Å². The molecule has 0 heterocycles. The fourth-order valence-corrected chi connectivity index (χ4v) is 2.44. The highest BCUT2D eigenvalue weighted by Gasteiger charge is 2.15. The lowest BCUT2D eigenvalue weighted by Gasteiger charge is -2.21. The first-order valence-electron chi connectivity index (χ1n) is 5.88. The van der Waals surface area contributed by atoms with Crippen molar-refractivity contribution < 1.29 is 4.39 Å². The van der Waals surface area contributed by atoms with Crippen molar-refractivity contribution in [2.24, 2.45) is 5.73 Å². The summed E-state index contributed by atoms with van der Waals surface area (Å²) in [5.41, 5.74) is 6.95. The number of halogens is 4. The van der Waals surface area contributed by atoms with Gasteiger partial charge < -0.3 is 11.1 Å². The van der Waals surface area contributed by atoms with Crippen molar-refractivity contribution in [1.29, 1.82) is 0 Å². The number of benzene rings is 2. The van der Waals surface area contributed by atoms with E-state index in [1.165, 1.54) is 18.2 Å². The summed E-state index contributed by atoms with van der Waals surface area (Å²) in [6.45, 7) is 0.257. The molecule has 0 radical (unpaired) electrons. The van der Waals surface area contributed by atoms with E-state index < -0.39 is 0 Å². The molecule has 2 rings (SSSR count). The molecule has 20 heavy (non-hydrogen) atoms. The molecule has 106 valence electrons. The summed E-state index contributed by atoms with van der Waals surface area (Å²) in [7, 11) is 0. The molecule has 0 spiro atoms. The van der Waals surface area contributed by atoms with Crippen molar-refractivity contribution in [3.05, 3.63) is 62.8 Å². The maximum absolute atomic E-state index is 13.3. The molecule has 2 aromatic carbocycles. The molecule has 6 heteroatoms. The van der Waals surface area contributed by atoms with Crippen LogP contribution in [0.2, 0.25) is 15.1 Å². The second-order valence-electron chi connectivity index (χ2n) is 4.22. The zero-order valence-electron chi connectivity index (χ0n) is 10.3. The van der Waals surface area contributed by atoms with E-state index in [0.717, 1.165) is 5.56 Å². The van der Waals surface area contributed by atoms with Gasteiger partial charge in [-0.3, -0.25) is 0 Å². The monoisotopic (exact) mass is 332 g/mol. The van der Waals surface area contributed by atoms with Gasteiger partial charge in [0.1, 0.15) is 5.82 Å². The van der Waals surface area contributed by atoms with Crippen LogP contribution in [0.15, 0.2) is 36.4 Å². The zero-order valence-corrected chi connectivity index (χ0v) is 12.6. The number of hydrogen-bond donors (Lipinski definition) is 2. The first kappa shape index (κ1) is 15.4. The largest absolute Gasteiger partial charge is 0.376 e. The van der Waals surface area contributed by atoms with Gasteiger partial charge in [0.05, 0.1) is 16.8 Å². The lowest BCUT2D eigenvalue weighted by atomic mass is 10.1. The summed E-state index contributed by atoms with van der Waals surface area (Å²) < 4.78 is 13.3. The Balaban J connectivity index is 2.33. The molecule has 1 unspecified atom stereocenters. The minimum atomic E-state index is -0.384. The summed E-state index contributed by atoms with van der Waals surface area (Å²) in [6.07, 6.45) is 0. The molecule has 0 bridgehead atoms. The van der Waals surface area contributed by atoms with Gasteiger partial charge in [-0.25, -0.2) is 4.39 Å². The molecule has 0 saturated heterocycles. The van der Waals surface area contributed by atoms with Crippen LogP contribution in [0.1, 0.15) is 11.6 Å². The van der Waals surface area contributed by atoms with E-state index >= 15 is 0 Å². The van der Waals surface area contributed by atoms with E-state index in [0.29, 0.717) is 20.8 Å². The molecule has 0 aliphatic heterocycles. The minimum absolute atomic E-state index is 0.257. The smallest absolute Gasteiger partial charge is 0.125 e. The third kappa shape index (κ3) is 3.55. The topological polar surface area (TPSA) is 38.0 Å². The van der Waals surface area contributed by atoms with Crippen molar-refractivity contribution in [3.8, 4) is 0 Å². The molecule has 2 aromatic rings. The molecular formula is C14H12Cl3FN2. The van der Waals surface area contributed by atoms with Crippen LogP contribution in [0.4, 0.5) is 10.1 Å². The lowest BCUT2D eigenvalue weighted by Crippen LogP contribution is -2.21. The quantitative estimate of drug-likeness (QED) is 0.835. The normalized spacial score (nSPS) is 12.2. The van der Waals surface area contributed by atoms with Crippen LogP contribution in [0, 0.1) is 5.82 Å². The van der Waals surface area contributed by atoms with Gasteiger partial charge in [-0.05, 0) is 42.0 Å². The number of rotatable bonds is 4. The van der Waals surface area contributed by atoms with Gasteiger partial charge in [0, 0.05) is 16.6 Å². The molecule has 2 nitrogen and oxygen atoms in total. The SMILES string of the molecule is NCC(Nc1cc(F)ccc1Cl)c1cc(Cl)ccc1Cl. The predicted molar refractivity (Wildman–Crippen MR) is 83.3 cm³/mol. The standard InChI is InChI=1S/C14H12Cl3FN2/c15-8-1-3-11(16)10(5-8)14(7-19)20-13-6-9(18)2-4-12(13)17/h1-6,14,20H,7,19H2. The van der Waals surface area contributed by atoms with Gasteiger partial charge in [-0.15, -0.1) is 0 Å². The summed E-state index contributed by atoms with van der Waals surface area (Å²) in [5.74, 6) is -0.384.